The van der Waals surface area contributed by atoms with Gasteiger partial charge in [-0.15, -0.1) is 0 Å². The first-order valence-electron chi connectivity index (χ1n) is 10.5. The van der Waals surface area contributed by atoms with Gasteiger partial charge in [-0.25, -0.2) is 9.55 Å². The number of aromatic nitrogens is 4. The molecule has 4 atom stereocenters. The van der Waals surface area contributed by atoms with Crippen molar-refractivity contribution in [2.45, 2.75) is 64.1 Å². The van der Waals surface area contributed by atoms with Gasteiger partial charge in [0.05, 0.1) is 12.9 Å². The number of esters is 2. The molecular formula is C18H26N5O10P. The van der Waals surface area contributed by atoms with E-state index in [2.05, 4.69) is 19.5 Å². The van der Waals surface area contributed by atoms with E-state index < -0.39 is 56.5 Å². The molecule has 1 aliphatic heterocycles. The molecule has 2 aromatic rings. The van der Waals surface area contributed by atoms with Crippen LogP contribution in [0.4, 0.5) is 5.95 Å². The maximum atomic E-state index is 12.4. The fourth-order valence-electron chi connectivity index (χ4n) is 3.46. The van der Waals surface area contributed by atoms with Gasteiger partial charge in [0.15, 0.2) is 29.6 Å². The Hall–Kier alpha value is -2.84. The number of imidazole rings is 1. The van der Waals surface area contributed by atoms with E-state index >= 15 is 0 Å². The molecule has 2 aromatic heterocycles. The SMILES string of the molecule is CCCC(=O)O[C@@H]1[C@H](OC(=O)CCC)[C@@H](COP(=O)(O)O)O[C@H]1n1cnc2c(=O)[nH]c(N)nc21. The summed E-state index contributed by atoms with van der Waals surface area (Å²) in [6.45, 7) is 2.84. The van der Waals surface area contributed by atoms with Crippen molar-refractivity contribution in [3.05, 3.63) is 16.7 Å². The Morgan fingerprint density at radius 3 is 2.41 bits per heavy atom. The van der Waals surface area contributed by atoms with Crippen LogP contribution in [0, 0.1) is 0 Å². The third-order valence-corrected chi connectivity index (χ3v) is 5.35. The van der Waals surface area contributed by atoms with Crippen molar-refractivity contribution in [3.8, 4) is 0 Å². The zero-order valence-electron chi connectivity index (χ0n) is 18.4. The molecular weight excluding hydrogens is 477 g/mol. The molecule has 16 heteroatoms. The third-order valence-electron chi connectivity index (χ3n) is 4.86. The van der Waals surface area contributed by atoms with Crippen LogP contribution < -0.4 is 11.3 Å². The number of nitrogens with two attached hydrogens (primary N) is 1. The number of nitrogens with zero attached hydrogens (tertiary/aromatic N) is 3. The van der Waals surface area contributed by atoms with Gasteiger partial charge in [-0.3, -0.25) is 28.5 Å². The van der Waals surface area contributed by atoms with Gasteiger partial charge >= 0.3 is 19.8 Å². The Bertz CT molecular complexity index is 1140. The molecule has 0 spiro atoms. The topological polar surface area (TPSA) is 218 Å². The number of hydrogen-bond donors (Lipinski definition) is 4. The summed E-state index contributed by atoms with van der Waals surface area (Å²) in [4.78, 5) is 65.5. The number of ether oxygens (including phenoxy) is 3. The summed E-state index contributed by atoms with van der Waals surface area (Å²) in [7, 11) is -4.90. The number of anilines is 1. The van der Waals surface area contributed by atoms with E-state index in [1.807, 2.05) is 0 Å². The maximum absolute atomic E-state index is 12.4. The molecule has 0 bridgehead atoms. The minimum Gasteiger partial charge on any atom is -0.455 e. The third kappa shape index (κ3) is 5.98. The lowest BCUT2D eigenvalue weighted by molar-refractivity contribution is -0.168. The van der Waals surface area contributed by atoms with Gasteiger partial charge in [0, 0.05) is 12.8 Å². The lowest BCUT2D eigenvalue weighted by Gasteiger charge is -2.24. The molecule has 0 saturated carbocycles. The van der Waals surface area contributed by atoms with Crippen molar-refractivity contribution in [3.63, 3.8) is 0 Å². The van der Waals surface area contributed by atoms with Gasteiger partial charge in [-0.2, -0.15) is 4.98 Å². The largest absolute Gasteiger partial charge is 0.469 e. The van der Waals surface area contributed by atoms with Crippen molar-refractivity contribution >= 4 is 36.9 Å². The first-order chi connectivity index (χ1) is 16.0. The molecule has 1 fully saturated rings. The van der Waals surface area contributed by atoms with Crippen molar-refractivity contribution in [1.82, 2.24) is 19.5 Å². The van der Waals surface area contributed by atoms with Crippen LogP contribution in [0.3, 0.4) is 0 Å². The molecule has 5 N–H and O–H groups in total. The quantitative estimate of drug-likeness (QED) is 0.251. The summed E-state index contributed by atoms with van der Waals surface area (Å²) in [6, 6.07) is 0. The number of H-pyrrole nitrogens is 1. The average Bonchev–Trinajstić information content (AvgIpc) is 3.28. The van der Waals surface area contributed by atoms with Gasteiger partial charge in [0.2, 0.25) is 5.95 Å². The second-order valence-electron chi connectivity index (χ2n) is 7.54. The van der Waals surface area contributed by atoms with Crippen LogP contribution in [0.5, 0.6) is 0 Å². The second-order valence-corrected chi connectivity index (χ2v) is 8.77. The Morgan fingerprint density at radius 2 is 1.82 bits per heavy atom. The number of carbonyl (C=O) groups is 2. The summed E-state index contributed by atoms with van der Waals surface area (Å²) in [6.07, 6.45) is -2.78. The second kappa shape index (κ2) is 10.6. The van der Waals surface area contributed by atoms with Gasteiger partial charge in [0.25, 0.3) is 5.56 Å². The lowest BCUT2D eigenvalue weighted by Crippen LogP contribution is -2.41. The Labute approximate surface area is 192 Å². The number of rotatable bonds is 10. The average molecular weight is 503 g/mol. The Balaban J connectivity index is 2.04. The Morgan fingerprint density at radius 1 is 1.21 bits per heavy atom. The number of aromatic amines is 1. The fraction of sp³-hybridized carbons (Fsp3) is 0.611. The molecule has 15 nitrogen and oxygen atoms in total. The van der Waals surface area contributed by atoms with E-state index in [0.29, 0.717) is 12.8 Å². The number of phosphoric ester groups is 1. The van der Waals surface area contributed by atoms with E-state index in [4.69, 9.17) is 29.7 Å². The molecule has 3 heterocycles. The summed E-state index contributed by atoms with van der Waals surface area (Å²) < 4.78 is 34.0. The van der Waals surface area contributed by atoms with Crippen molar-refractivity contribution in [2.75, 3.05) is 12.3 Å². The van der Waals surface area contributed by atoms with Crippen LogP contribution in [0.15, 0.2) is 11.1 Å². The molecule has 1 saturated heterocycles. The van der Waals surface area contributed by atoms with E-state index in [1.165, 1.54) is 10.9 Å². The number of nitrogen functional groups attached to an aromatic ring is 1. The summed E-state index contributed by atoms with van der Waals surface area (Å²) in [5.41, 5.74) is 4.95. The first-order valence-corrected chi connectivity index (χ1v) is 12.0. The van der Waals surface area contributed by atoms with Gasteiger partial charge in [0.1, 0.15) is 6.10 Å². The van der Waals surface area contributed by atoms with Gasteiger partial charge < -0.3 is 29.7 Å². The van der Waals surface area contributed by atoms with E-state index in [1.54, 1.807) is 13.8 Å². The molecule has 34 heavy (non-hydrogen) atoms. The van der Waals surface area contributed by atoms with Crippen molar-refractivity contribution < 1.29 is 42.7 Å². The fourth-order valence-corrected chi connectivity index (χ4v) is 3.80. The standard InChI is InChI=1S/C18H26N5O10P/c1-3-5-10(24)32-13-9(7-30-34(27,28)29)31-17(14(13)33-11(25)6-4-2)23-8-20-12-15(23)21-18(19)22-16(12)26/h8-9,13-14,17H,3-7H2,1-2H3,(H2,27,28,29)(H3,19,21,22,26)/t9-,13-,14-,17-/m1/s1. The molecule has 0 unspecified atom stereocenters. The summed E-state index contributed by atoms with van der Waals surface area (Å²) >= 11 is 0. The number of nitrogens with one attached hydrogen (secondary N) is 1. The summed E-state index contributed by atoms with van der Waals surface area (Å²) in [5.74, 6) is -1.46. The molecule has 0 radical (unpaired) electrons. The first kappa shape index (κ1) is 25.8. The zero-order chi connectivity index (χ0) is 25.0. The minimum absolute atomic E-state index is 0.00187. The number of hydrogen-bond acceptors (Lipinski definition) is 11. The predicted molar refractivity (Wildman–Crippen MR) is 114 cm³/mol. The monoisotopic (exact) mass is 503 g/mol. The van der Waals surface area contributed by atoms with Crippen molar-refractivity contribution in [1.29, 1.82) is 0 Å². The highest BCUT2D eigenvalue weighted by Crippen LogP contribution is 2.40. The van der Waals surface area contributed by atoms with Crippen LogP contribution in [0.2, 0.25) is 0 Å². The van der Waals surface area contributed by atoms with Crippen LogP contribution in [0.1, 0.15) is 45.8 Å². The molecule has 188 valence electrons. The van der Waals surface area contributed by atoms with Crippen molar-refractivity contribution in [2.24, 2.45) is 0 Å². The summed E-state index contributed by atoms with van der Waals surface area (Å²) in [5, 5.41) is 0. The van der Waals surface area contributed by atoms with Crippen LogP contribution >= 0.6 is 7.82 Å². The number of carbonyl (C=O) groups excluding carboxylic acids is 2. The van der Waals surface area contributed by atoms with Gasteiger partial charge in [-0.05, 0) is 12.8 Å². The highest BCUT2D eigenvalue weighted by atomic mass is 31.2. The van der Waals surface area contributed by atoms with Crippen LogP contribution in [-0.2, 0) is 32.9 Å². The number of fused-ring (bicyclic) bond motifs is 1. The molecule has 0 aliphatic carbocycles. The number of phosphoric acid groups is 1. The lowest BCUT2D eigenvalue weighted by atomic mass is 10.1. The normalized spacial score (nSPS) is 22.7. The molecule has 3 rings (SSSR count). The smallest absolute Gasteiger partial charge is 0.455 e. The van der Waals surface area contributed by atoms with E-state index in [9.17, 15) is 18.9 Å². The van der Waals surface area contributed by atoms with E-state index in [0.717, 1.165) is 0 Å². The predicted octanol–water partition coefficient (Wildman–Crippen LogP) is 0.132. The van der Waals surface area contributed by atoms with E-state index in [-0.39, 0.29) is 30.0 Å². The molecule has 0 amide bonds. The van der Waals surface area contributed by atoms with Crippen LogP contribution in [0.25, 0.3) is 11.2 Å². The zero-order valence-corrected chi connectivity index (χ0v) is 19.3. The minimum atomic E-state index is -4.90. The molecule has 0 aromatic carbocycles. The highest BCUT2D eigenvalue weighted by molar-refractivity contribution is 7.46. The Kier molecular flexibility index (Phi) is 8.05. The molecule has 1 aliphatic rings. The maximum Gasteiger partial charge on any atom is 0.469 e. The van der Waals surface area contributed by atoms with Crippen LogP contribution in [-0.4, -0.2) is 66.2 Å². The highest BCUT2D eigenvalue weighted by Gasteiger charge is 2.51. The van der Waals surface area contributed by atoms with Gasteiger partial charge in [-0.1, -0.05) is 13.8 Å².